The molecule has 0 amide bonds. The summed E-state index contributed by atoms with van der Waals surface area (Å²) in [6.07, 6.45) is 4.07. The zero-order valence-electron chi connectivity index (χ0n) is 9.59. The molecule has 0 atom stereocenters. The van der Waals surface area contributed by atoms with E-state index in [4.69, 9.17) is 0 Å². The Balaban J connectivity index is 0.000000366. The molecular weight excluding hydrogens is 312 g/mol. The van der Waals surface area contributed by atoms with Crippen LogP contribution in [0.25, 0.3) is 0 Å². The fraction of sp³-hybridized carbons (Fsp3) is 0.444. The minimum atomic E-state index is -4.41. The summed E-state index contributed by atoms with van der Waals surface area (Å²) >= 11 is 3.36. The first-order chi connectivity index (χ1) is 7.89. The van der Waals surface area contributed by atoms with E-state index in [1.54, 1.807) is 0 Å². The Morgan fingerprint density at radius 1 is 1.59 bits per heavy atom. The third-order valence-electron chi connectivity index (χ3n) is 1.57. The normalized spacial score (nSPS) is 10.4. The molecule has 1 heterocycles. The Bertz CT molecular complexity index is 425. The minimum absolute atomic E-state index is 0.808. The van der Waals surface area contributed by atoms with Gasteiger partial charge in [-0.3, -0.25) is 4.18 Å². The number of rotatable bonds is 4. The first-order valence-corrected chi connectivity index (χ1v) is 7.11. The largest absolute Gasteiger partial charge is 0.726 e. The molecule has 1 aromatic heterocycles. The molecule has 0 saturated heterocycles. The van der Waals surface area contributed by atoms with Gasteiger partial charge in [-0.15, -0.1) is 0 Å². The van der Waals surface area contributed by atoms with E-state index in [0.29, 0.717) is 0 Å². The Morgan fingerprint density at radius 3 is 2.59 bits per heavy atom. The lowest BCUT2D eigenvalue weighted by Gasteiger charge is -2.00. The van der Waals surface area contributed by atoms with Gasteiger partial charge in [0.25, 0.3) is 0 Å². The molecule has 8 heteroatoms. The number of alkyl halides is 1. The molecule has 0 aliphatic carbocycles. The van der Waals surface area contributed by atoms with Crippen molar-refractivity contribution in [1.82, 2.24) is 0 Å². The van der Waals surface area contributed by atoms with Crippen LogP contribution in [-0.4, -0.2) is 32.0 Å². The summed E-state index contributed by atoms with van der Waals surface area (Å²) in [6, 6.07) is 4.08. The second kappa shape index (κ2) is 8.40. The average Bonchev–Trinajstić information content (AvgIpc) is 2.26. The number of anilines is 1. The van der Waals surface area contributed by atoms with Crippen LogP contribution in [0, 0.1) is 0 Å². The number of aromatic nitrogens is 1. The van der Waals surface area contributed by atoms with E-state index in [9.17, 15) is 13.0 Å². The maximum absolute atomic E-state index is 9.22. The van der Waals surface area contributed by atoms with Crippen molar-refractivity contribution in [2.45, 2.75) is 0 Å². The molecule has 6 nitrogen and oxygen atoms in total. The Morgan fingerprint density at radius 2 is 2.18 bits per heavy atom. The predicted octanol–water partition coefficient (Wildman–Crippen LogP) is 0.411. The van der Waals surface area contributed by atoms with Gasteiger partial charge in [-0.2, -0.15) is 0 Å². The zero-order chi connectivity index (χ0) is 13.3. The smallest absolute Gasteiger partial charge is 0.217 e. The van der Waals surface area contributed by atoms with Gasteiger partial charge in [0.1, 0.15) is 7.05 Å². The van der Waals surface area contributed by atoms with E-state index < -0.39 is 10.4 Å². The van der Waals surface area contributed by atoms with Crippen LogP contribution in [0.3, 0.4) is 0 Å². The van der Waals surface area contributed by atoms with Crippen LogP contribution in [0.1, 0.15) is 0 Å². The molecule has 0 aromatic carbocycles. The van der Waals surface area contributed by atoms with Gasteiger partial charge in [0.15, 0.2) is 12.4 Å². The Labute approximate surface area is 110 Å². The molecule has 1 N–H and O–H groups in total. The average molecular weight is 327 g/mol. The molecule has 0 fully saturated rings. The number of pyridine rings is 1. The number of nitrogens with zero attached hydrogens (tertiary/aromatic N) is 1. The summed E-state index contributed by atoms with van der Waals surface area (Å²) in [4.78, 5) is 0. The summed E-state index contributed by atoms with van der Waals surface area (Å²) in [7, 11) is -1.59. The van der Waals surface area contributed by atoms with Gasteiger partial charge < -0.3 is 9.87 Å². The molecule has 1 rings (SSSR count). The first kappa shape index (κ1) is 16.3. The van der Waals surface area contributed by atoms with Crippen LogP contribution in [0.2, 0.25) is 0 Å². The number of halogens is 1. The molecule has 17 heavy (non-hydrogen) atoms. The number of hydrogen-bond donors (Lipinski definition) is 1. The topological polar surface area (TPSA) is 82.3 Å². The highest BCUT2D eigenvalue weighted by atomic mass is 79.9. The van der Waals surface area contributed by atoms with E-state index in [2.05, 4.69) is 37.7 Å². The van der Waals surface area contributed by atoms with E-state index in [1.807, 2.05) is 23.9 Å². The van der Waals surface area contributed by atoms with Crippen molar-refractivity contribution in [2.75, 3.05) is 24.3 Å². The lowest BCUT2D eigenvalue weighted by atomic mass is 10.4. The Kier molecular flexibility index (Phi) is 8.05. The van der Waals surface area contributed by atoms with Gasteiger partial charge in [0, 0.05) is 17.9 Å². The Hall–Kier alpha value is -0.700. The maximum Gasteiger partial charge on any atom is 0.217 e. The van der Waals surface area contributed by atoms with Gasteiger partial charge in [-0.05, 0) is 6.07 Å². The maximum atomic E-state index is 9.22. The molecular formula is C9H15BrN2O4S. The molecule has 0 bridgehead atoms. The van der Waals surface area contributed by atoms with Crippen LogP contribution in [0.5, 0.6) is 0 Å². The van der Waals surface area contributed by atoms with Crippen molar-refractivity contribution in [3.63, 3.8) is 0 Å². The standard InChI is InChI=1S/C8H12BrN2.CH4O4S/c1-11-6-2-3-8(7-11)10-5-4-9;1-5-6(2,3)4/h2-3,6-7,10H,4-5H2,1H3;1H3,(H,2,3,4)/q+1;/p-1. The number of hydrogen-bond acceptors (Lipinski definition) is 5. The lowest BCUT2D eigenvalue weighted by Crippen LogP contribution is -2.26. The van der Waals surface area contributed by atoms with Crippen LogP contribution < -0.4 is 9.88 Å². The van der Waals surface area contributed by atoms with E-state index in [1.165, 1.54) is 0 Å². The molecule has 0 aliphatic heterocycles. The van der Waals surface area contributed by atoms with Crippen molar-refractivity contribution < 1.29 is 21.7 Å². The quantitative estimate of drug-likeness (QED) is 0.375. The second-order valence-electron chi connectivity index (χ2n) is 2.95. The minimum Gasteiger partial charge on any atom is -0.726 e. The lowest BCUT2D eigenvalue weighted by molar-refractivity contribution is -0.670. The third kappa shape index (κ3) is 10.2. The number of nitrogens with one attached hydrogen (secondary N) is 1. The summed E-state index contributed by atoms with van der Waals surface area (Å²) in [5.74, 6) is 0. The van der Waals surface area contributed by atoms with Crippen molar-refractivity contribution in [2.24, 2.45) is 7.05 Å². The summed E-state index contributed by atoms with van der Waals surface area (Å²) in [5.41, 5.74) is 1.16. The fourth-order valence-corrected chi connectivity index (χ4v) is 1.08. The SMILES string of the molecule is COS(=O)(=O)[O-].C[n+]1cccc(NCCBr)c1. The molecule has 0 radical (unpaired) electrons. The van der Waals surface area contributed by atoms with Crippen LogP contribution >= 0.6 is 15.9 Å². The third-order valence-corrected chi connectivity index (χ3v) is 2.37. The molecule has 98 valence electrons. The van der Waals surface area contributed by atoms with Gasteiger partial charge >= 0.3 is 0 Å². The summed E-state index contributed by atoms with van der Waals surface area (Å²) in [6.45, 7) is 0.962. The molecule has 1 aromatic rings. The highest BCUT2D eigenvalue weighted by molar-refractivity contribution is 9.09. The summed E-state index contributed by atoms with van der Waals surface area (Å²) < 4.78 is 33.0. The molecule has 0 saturated carbocycles. The van der Waals surface area contributed by atoms with Crippen LogP contribution in [0.4, 0.5) is 5.69 Å². The monoisotopic (exact) mass is 326 g/mol. The first-order valence-electron chi connectivity index (χ1n) is 4.65. The zero-order valence-corrected chi connectivity index (χ0v) is 12.0. The molecule has 0 spiro atoms. The van der Waals surface area contributed by atoms with Crippen molar-refractivity contribution >= 4 is 32.0 Å². The highest BCUT2D eigenvalue weighted by Gasteiger charge is 1.94. The number of aryl methyl sites for hydroxylation is 1. The van der Waals surface area contributed by atoms with Gasteiger partial charge in [0.05, 0.1) is 12.8 Å². The van der Waals surface area contributed by atoms with Crippen molar-refractivity contribution in [1.29, 1.82) is 0 Å². The second-order valence-corrected chi connectivity index (χ2v) is 4.89. The molecule has 0 unspecified atom stereocenters. The van der Waals surface area contributed by atoms with Crippen LogP contribution in [-0.2, 0) is 21.6 Å². The fourth-order valence-electron chi connectivity index (χ4n) is 0.884. The predicted molar refractivity (Wildman–Crippen MR) is 66.6 cm³/mol. The van der Waals surface area contributed by atoms with E-state index >= 15 is 0 Å². The highest BCUT2D eigenvalue weighted by Crippen LogP contribution is 2.00. The van der Waals surface area contributed by atoms with E-state index in [0.717, 1.165) is 24.7 Å². The van der Waals surface area contributed by atoms with Crippen LogP contribution in [0.15, 0.2) is 24.5 Å². The van der Waals surface area contributed by atoms with Crippen molar-refractivity contribution in [3.05, 3.63) is 24.5 Å². The van der Waals surface area contributed by atoms with Gasteiger partial charge in [-0.25, -0.2) is 13.0 Å². The van der Waals surface area contributed by atoms with Gasteiger partial charge in [0.2, 0.25) is 10.4 Å². The van der Waals surface area contributed by atoms with Gasteiger partial charge in [-0.1, -0.05) is 15.9 Å². The van der Waals surface area contributed by atoms with E-state index in [-0.39, 0.29) is 0 Å². The van der Waals surface area contributed by atoms with Crippen molar-refractivity contribution in [3.8, 4) is 0 Å². The summed E-state index contributed by atoms with van der Waals surface area (Å²) in [5, 5.41) is 4.25. The molecule has 0 aliphatic rings.